The maximum atomic E-state index is 11.8. The lowest BCUT2D eigenvalue weighted by atomic mass is 10.2. The molecule has 1 aliphatic rings. The lowest BCUT2D eigenvalue weighted by Crippen LogP contribution is -2.36. The smallest absolute Gasteiger partial charge is 0.182 e. The van der Waals surface area contributed by atoms with Gasteiger partial charge in [-0.15, -0.1) is 0 Å². The van der Waals surface area contributed by atoms with Crippen LogP contribution in [0.3, 0.4) is 0 Å². The fraction of sp³-hybridized carbons (Fsp3) is 0.333. The van der Waals surface area contributed by atoms with Crippen molar-refractivity contribution >= 4 is 31.5 Å². The Kier molecular flexibility index (Phi) is 2.74. The molecule has 0 fully saturated rings. The number of fused-ring (bicyclic) bond motifs is 1. The molecule has 0 amide bonds. The Morgan fingerprint density at radius 3 is 2.93 bits per heavy atom. The quantitative estimate of drug-likeness (QED) is 0.810. The van der Waals surface area contributed by atoms with Crippen LogP contribution < -0.4 is 5.32 Å². The summed E-state index contributed by atoms with van der Waals surface area (Å²) in [5.41, 5.74) is 0.559. The third-order valence-corrected chi connectivity index (χ3v) is 4.62. The van der Waals surface area contributed by atoms with E-state index in [0.717, 1.165) is 4.47 Å². The van der Waals surface area contributed by atoms with Gasteiger partial charge >= 0.3 is 0 Å². The van der Waals surface area contributed by atoms with Gasteiger partial charge < -0.3 is 10.4 Å². The molecule has 15 heavy (non-hydrogen) atoms. The van der Waals surface area contributed by atoms with E-state index >= 15 is 0 Å². The number of aliphatic hydroxyl groups is 1. The van der Waals surface area contributed by atoms with Crippen molar-refractivity contribution in [3.05, 3.63) is 22.7 Å². The highest BCUT2D eigenvalue weighted by molar-refractivity contribution is 9.10. The van der Waals surface area contributed by atoms with Gasteiger partial charge in [-0.3, -0.25) is 0 Å². The summed E-state index contributed by atoms with van der Waals surface area (Å²) in [5.74, 6) is -0.0625. The second kappa shape index (κ2) is 3.77. The van der Waals surface area contributed by atoms with Crippen molar-refractivity contribution in [1.82, 2.24) is 0 Å². The number of hydrogen-bond donors (Lipinski definition) is 2. The zero-order valence-corrected chi connectivity index (χ0v) is 10.2. The highest BCUT2D eigenvalue weighted by Gasteiger charge is 2.29. The van der Waals surface area contributed by atoms with Crippen molar-refractivity contribution < 1.29 is 13.5 Å². The Labute approximate surface area is 96.4 Å². The summed E-state index contributed by atoms with van der Waals surface area (Å²) in [4.78, 5) is 0.293. The molecule has 0 saturated heterocycles. The van der Waals surface area contributed by atoms with Crippen LogP contribution in [0.4, 0.5) is 5.69 Å². The molecule has 1 heterocycles. The Bertz CT molecular complexity index is 486. The van der Waals surface area contributed by atoms with Gasteiger partial charge in [0, 0.05) is 4.47 Å². The molecule has 0 aliphatic carbocycles. The molecule has 1 aliphatic heterocycles. The van der Waals surface area contributed by atoms with Gasteiger partial charge in [-0.1, -0.05) is 15.9 Å². The second-order valence-corrected chi connectivity index (χ2v) is 6.36. The second-order valence-electron chi connectivity index (χ2n) is 3.45. The molecular weight excluding hydrogens is 282 g/mol. The van der Waals surface area contributed by atoms with Gasteiger partial charge in [0.05, 0.1) is 29.0 Å². The normalized spacial score (nSPS) is 22.9. The molecule has 2 N–H and O–H groups in total. The van der Waals surface area contributed by atoms with Crippen molar-refractivity contribution in [1.29, 1.82) is 0 Å². The van der Waals surface area contributed by atoms with Crippen LogP contribution in [0.2, 0.25) is 0 Å². The van der Waals surface area contributed by atoms with Crippen LogP contribution in [-0.4, -0.2) is 31.9 Å². The first-order valence-electron chi connectivity index (χ1n) is 4.42. The van der Waals surface area contributed by atoms with Crippen molar-refractivity contribution in [3.8, 4) is 0 Å². The van der Waals surface area contributed by atoms with Crippen LogP contribution in [0, 0.1) is 0 Å². The first kappa shape index (κ1) is 10.9. The molecule has 82 valence electrons. The van der Waals surface area contributed by atoms with Crippen LogP contribution in [-0.2, 0) is 9.84 Å². The SMILES string of the molecule is O=S1(=O)CC(CO)Nc2ccc(Br)cc21. The number of benzene rings is 1. The number of sulfone groups is 1. The molecule has 2 rings (SSSR count). The molecule has 1 aromatic carbocycles. The Morgan fingerprint density at radius 1 is 1.53 bits per heavy atom. The predicted octanol–water partition coefficient (Wildman–Crippen LogP) is 1.01. The standard InChI is InChI=1S/C9H10BrNO3S/c10-6-1-2-8-9(3-6)15(13,14)5-7(4-12)11-8/h1-3,7,11-12H,4-5H2. The fourth-order valence-corrected chi connectivity index (χ4v) is 3.77. The summed E-state index contributed by atoms with van der Waals surface area (Å²) in [6.45, 7) is -0.186. The van der Waals surface area contributed by atoms with Gasteiger partial charge in [-0.2, -0.15) is 0 Å². The van der Waals surface area contributed by atoms with E-state index < -0.39 is 15.9 Å². The topological polar surface area (TPSA) is 66.4 Å². The van der Waals surface area contributed by atoms with E-state index in [-0.39, 0.29) is 12.4 Å². The van der Waals surface area contributed by atoms with Crippen molar-refractivity contribution in [2.24, 2.45) is 0 Å². The van der Waals surface area contributed by atoms with Gasteiger partial charge in [0.25, 0.3) is 0 Å². The van der Waals surface area contributed by atoms with Crippen molar-refractivity contribution in [2.75, 3.05) is 17.7 Å². The molecular formula is C9H10BrNO3S. The van der Waals surface area contributed by atoms with Gasteiger partial charge in [-0.05, 0) is 18.2 Å². The summed E-state index contributed by atoms with van der Waals surface area (Å²) in [6.07, 6.45) is 0. The molecule has 0 saturated carbocycles. The average Bonchev–Trinajstić information content (AvgIpc) is 2.18. The molecule has 4 nitrogen and oxygen atoms in total. The molecule has 6 heteroatoms. The number of halogens is 1. The predicted molar refractivity (Wildman–Crippen MR) is 60.7 cm³/mol. The van der Waals surface area contributed by atoms with E-state index in [1.165, 1.54) is 0 Å². The lowest BCUT2D eigenvalue weighted by Gasteiger charge is -2.25. The largest absolute Gasteiger partial charge is 0.394 e. The van der Waals surface area contributed by atoms with Crippen LogP contribution in [0.15, 0.2) is 27.6 Å². The molecule has 0 bridgehead atoms. The zero-order chi connectivity index (χ0) is 11.1. The van der Waals surface area contributed by atoms with Gasteiger partial charge in [0.2, 0.25) is 0 Å². The van der Waals surface area contributed by atoms with E-state index in [2.05, 4.69) is 21.2 Å². The molecule has 1 atom stereocenters. The van der Waals surface area contributed by atoms with Gasteiger partial charge in [-0.25, -0.2) is 8.42 Å². The summed E-state index contributed by atoms with van der Waals surface area (Å²) < 4.78 is 24.4. The third kappa shape index (κ3) is 2.02. The minimum Gasteiger partial charge on any atom is -0.394 e. The minimum absolute atomic E-state index is 0.0625. The van der Waals surface area contributed by atoms with Crippen LogP contribution >= 0.6 is 15.9 Å². The van der Waals surface area contributed by atoms with Crippen molar-refractivity contribution in [3.63, 3.8) is 0 Å². The summed E-state index contributed by atoms with van der Waals surface area (Å²) in [6, 6.07) is 4.62. The number of rotatable bonds is 1. The highest BCUT2D eigenvalue weighted by Crippen LogP contribution is 2.30. The van der Waals surface area contributed by atoms with E-state index in [1.807, 2.05) is 0 Å². The van der Waals surface area contributed by atoms with Crippen LogP contribution in [0.5, 0.6) is 0 Å². The van der Waals surface area contributed by atoms with E-state index in [4.69, 9.17) is 5.11 Å². The number of aliphatic hydroxyl groups excluding tert-OH is 1. The van der Waals surface area contributed by atoms with Crippen LogP contribution in [0.25, 0.3) is 0 Å². The maximum Gasteiger partial charge on any atom is 0.182 e. The monoisotopic (exact) mass is 291 g/mol. The Hall–Kier alpha value is -0.590. The maximum absolute atomic E-state index is 11.8. The molecule has 1 unspecified atom stereocenters. The van der Waals surface area contributed by atoms with E-state index in [9.17, 15) is 8.42 Å². The lowest BCUT2D eigenvalue weighted by molar-refractivity contribution is 0.281. The van der Waals surface area contributed by atoms with Gasteiger partial charge in [0.1, 0.15) is 0 Å². The Balaban J connectivity index is 2.55. The summed E-state index contributed by atoms with van der Waals surface area (Å²) in [5, 5.41) is 11.9. The van der Waals surface area contributed by atoms with Crippen molar-refractivity contribution in [2.45, 2.75) is 10.9 Å². The highest BCUT2D eigenvalue weighted by atomic mass is 79.9. The minimum atomic E-state index is -3.28. The van der Waals surface area contributed by atoms with Gasteiger partial charge in [0.15, 0.2) is 9.84 Å². The number of hydrogen-bond acceptors (Lipinski definition) is 4. The first-order chi connectivity index (χ1) is 7.03. The molecule has 1 aromatic rings. The summed E-state index contributed by atoms with van der Waals surface area (Å²) in [7, 11) is -3.28. The molecule has 0 radical (unpaired) electrons. The molecule has 0 spiro atoms. The third-order valence-electron chi connectivity index (χ3n) is 2.28. The number of nitrogens with one attached hydrogen (secondary N) is 1. The molecule has 0 aromatic heterocycles. The Morgan fingerprint density at radius 2 is 2.27 bits per heavy atom. The van der Waals surface area contributed by atoms with E-state index in [1.54, 1.807) is 18.2 Å². The fourth-order valence-electron chi connectivity index (χ4n) is 1.59. The first-order valence-corrected chi connectivity index (χ1v) is 6.87. The average molecular weight is 292 g/mol. The number of anilines is 1. The van der Waals surface area contributed by atoms with Crippen LogP contribution in [0.1, 0.15) is 0 Å². The summed E-state index contributed by atoms with van der Waals surface area (Å²) >= 11 is 3.23. The zero-order valence-electron chi connectivity index (χ0n) is 7.77. The van der Waals surface area contributed by atoms with E-state index in [0.29, 0.717) is 10.6 Å².